The molecule has 0 aromatic heterocycles. The maximum absolute atomic E-state index is 13.1. The first-order valence-corrected chi connectivity index (χ1v) is 6.96. The van der Waals surface area contributed by atoms with Gasteiger partial charge in [-0.2, -0.15) is 0 Å². The number of hydrogen-bond acceptors (Lipinski definition) is 0. The zero-order chi connectivity index (χ0) is 9.78. The molecule has 81 valence electrons. The first-order valence-electron chi connectivity index (χ1n) is 6.96. The Morgan fingerprint density at radius 1 is 0.733 bits per heavy atom. The van der Waals surface area contributed by atoms with Gasteiger partial charge in [0.25, 0.3) is 0 Å². The third-order valence-corrected chi connectivity index (χ3v) is 6.99. The molecule has 0 aromatic rings. The molecule has 4 atom stereocenters. The van der Waals surface area contributed by atoms with Crippen LogP contribution in [-0.2, 0) is 5.11 Å². The topological polar surface area (TPSA) is 19.9 Å². The van der Waals surface area contributed by atoms with Gasteiger partial charge in [0.1, 0.15) is 5.60 Å². The molecule has 7 saturated carbocycles. The molecule has 0 aliphatic heterocycles. The van der Waals surface area contributed by atoms with Gasteiger partial charge in [-0.1, -0.05) is 0 Å². The second-order valence-corrected chi connectivity index (χ2v) is 7.27. The van der Waals surface area contributed by atoms with E-state index in [0.717, 1.165) is 36.0 Å². The SMILES string of the molecule is [O]C12CC3CC4C5CC(CC41)CC2C5C3. The Kier molecular flexibility index (Phi) is 1.17. The van der Waals surface area contributed by atoms with Crippen molar-refractivity contribution < 1.29 is 5.11 Å². The fourth-order valence-electron chi connectivity index (χ4n) is 6.87. The van der Waals surface area contributed by atoms with E-state index in [1.165, 1.54) is 32.1 Å². The van der Waals surface area contributed by atoms with E-state index in [1.54, 1.807) is 0 Å². The summed E-state index contributed by atoms with van der Waals surface area (Å²) in [6.07, 6.45) is 8.09. The van der Waals surface area contributed by atoms with E-state index < -0.39 is 5.60 Å². The van der Waals surface area contributed by atoms with E-state index in [0.29, 0.717) is 11.8 Å². The predicted octanol–water partition coefficient (Wildman–Crippen LogP) is 2.88. The second-order valence-electron chi connectivity index (χ2n) is 7.27. The van der Waals surface area contributed by atoms with Crippen molar-refractivity contribution >= 4 is 0 Å². The van der Waals surface area contributed by atoms with Crippen LogP contribution in [0.25, 0.3) is 0 Å². The molecule has 7 aliphatic carbocycles. The van der Waals surface area contributed by atoms with Crippen molar-refractivity contribution in [1.82, 2.24) is 0 Å². The van der Waals surface area contributed by atoms with Gasteiger partial charge in [0, 0.05) is 0 Å². The summed E-state index contributed by atoms with van der Waals surface area (Å²) in [5, 5.41) is 13.1. The molecule has 0 N–H and O–H groups in total. The summed E-state index contributed by atoms with van der Waals surface area (Å²) in [6.45, 7) is 0. The Labute approximate surface area is 91.2 Å². The lowest BCUT2D eigenvalue weighted by Crippen LogP contribution is -2.70. The highest BCUT2D eigenvalue weighted by molar-refractivity contribution is 5.19. The van der Waals surface area contributed by atoms with E-state index in [-0.39, 0.29) is 0 Å². The Morgan fingerprint density at radius 3 is 2.00 bits per heavy atom. The zero-order valence-corrected chi connectivity index (χ0v) is 9.19. The van der Waals surface area contributed by atoms with Crippen molar-refractivity contribution in [3.8, 4) is 0 Å². The predicted molar refractivity (Wildman–Crippen MR) is 55.5 cm³/mol. The van der Waals surface area contributed by atoms with Crippen LogP contribution in [0.2, 0.25) is 0 Å². The summed E-state index contributed by atoms with van der Waals surface area (Å²) < 4.78 is 0. The fraction of sp³-hybridized carbons (Fsp3) is 1.00. The molecule has 1 heteroatoms. The molecular formula is C14H19O. The van der Waals surface area contributed by atoms with Crippen LogP contribution in [0.4, 0.5) is 0 Å². The van der Waals surface area contributed by atoms with E-state index in [1.807, 2.05) is 0 Å². The third kappa shape index (κ3) is 0.712. The third-order valence-electron chi connectivity index (χ3n) is 6.99. The minimum Gasteiger partial charge on any atom is -0.229 e. The molecule has 0 spiro atoms. The molecule has 15 heavy (non-hydrogen) atoms. The average molecular weight is 203 g/mol. The van der Waals surface area contributed by atoms with Crippen molar-refractivity contribution in [3.05, 3.63) is 0 Å². The lowest BCUT2D eigenvalue weighted by Gasteiger charge is -2.71. The first kappa shape index (κ1) is 8.11. The largest absolute Gasteiger partial charge is 0.229 e. The minimum atomic E-state index is -0.427. The van der Waals surface area contributed by atoms with Crippen LogP contribution in [0.1, 0.15) is 38.5 Å². The van der Waals surface area contributed by atoms with Gasteiger partial charge in [0.2, 0.25) is 0 Å². The van der Waals surface area contributed by atoms with Gasteiger partial charge in [0.15, 0.2) is 0 Å². The summed E-state index contributed by atoms with van der Waals surface area (Å²) in [7, 11) is 0. The lowest BCUT2D eigenvalue weighted by molar-refractivity contribution is -0.308. The van der Waals surface area contributed by atoms with Crippen molar-refractivity contribution in [2.45, 2.75) is 44.1 Å². The zero-order valence-electron chi connectivity index (χ0n) is 9.19. The van der Waals surface area contributed by atoms with Crippen molar-refractivity contribution in [2.75, 3.05) is 0 Å². The van der Waals surface area contributed by atoms with Gasteiger partial charge in [-0.25, -0.2) is 5.11 Å². The van der Waals surface area contributed by atoms with Crippen LogP contribution in [-0.4, -0.2) is 5.60 Å². The molecule has 7 aliphatic rings. The van der Waals surface area contributed by atoms with E-state index >= 15 is 0 Å². The Morgan fingerprint density at radius 2 is 1.33 bits per heavy atom. The Hall–Kier alpha value is -0.0400. The van der Waals surface area contributed by atoms with E-state index in [2.05, 4.69) is 0 Å². The van der Waals surface area contributed by atoms with Crippen LogP contribution < -0.4 is 0 Å². The molecule has 1 nitrogen and oxygen atoms in total. The minimum absolute atomic E-state index is 0.427. The molecule has 8 bridgehead atoms. The molecule has 7 fully saturated rings. The molecule has 0 aromatic carbocycles. The standard InChI is InChI=1S/C14H19O/c15-14-6-8-2-10-9-1-7(4-12(10)14)5-13(14)11(9)3-8/h7-13H,1-6H2. The molecule has 7 rings (SSSR count). The highest BCUT2D eigenvalue weighted by Crippen LogP contribution is 2.72. The fourth-order valence-corrected chi connectivity index (χ4v) is 6.87. The maximum Gasteiger partial charge on any atom is 0.110 e. The lowest BCUT2D eigenvalue weighted by atomic mass is 9.34. The van der Waals surface area contributed by atoms with Gasteiger partial charge in [0.05, 0.1) is 0 Å². The van der Waals surface area contributed by atoms with Gasteiger partial charge in [-0.05, 0) is 80.0 Å². The van der Waals surface area contributed by atoms with Gasteiger partial charge in [-0.15, -0.1) is 0 Å². The van der Waals surface area contributed by atoms with Crippen LogP contribution in [0, 0.1) is 41.4 Å². The van der Waals surface area contributed by atoms with Crippen LogP contribution in [0.3, 0.4) is 0 Å². The van der Waals surface area contributed by atoms with Crippen LogP contribution in [0.15, 0.2) is 0 Å². The monoisotopic (exact) mass is 203 g/mol. The summed E-state index contributed by atoms with van der Waals surface area (Å²) >= 11 is 0. The number of rotatable bonds is 0. The summed E-state index contributed by atoms with van der Waals surface area (Å²) in [6, 6.07) is 0. The highest BCUT2D eigenvalue weighted by Gasteiger charge is 2.70. The average Bonchev–Trinajstić information content (AvgIpc) is 2.24. The summed E-state index contributed by atoms with van der Waals surface area (Å²) in [5.74, 6) is 5.82. The van der Waals surface area contributed by atoms with Crippen molar-refractivity contribution in [1.29, 1.82) is 0 Å². The first-order chi connectivity index (χ1) is 7.25. The second kappa shape index (κ2) is 2.16. The number of hydrogen-bond donors (Lipinski definition) is 0. The highest BCUT2D eigenvalue weighted by atomic mass is 16.3. The van der Waals surface area contributed by atoms with E-state index in [9.17, 15) is 5.11 Å². The summed E-state index contributed by atoms with van der Waals surface area (Å²) in [4.78, 5) is 0. The smallest absolute Gasteiger partial charge is 0.110 e. The molecule has 0 amide bonds. The van der Waals surface area contributed by atoms with E-state index in [4.69, 9.17) is 0 Å². The van der Waals surface area contributed by atoms with Crippen molar-refractivity contribution in [3.63, 3.8) is 0 Å². The molecule has 4 unspecified atom stereocenters. The Bertz CT molecular complexity index is 312. The van der Waals surface area contributed by atoms with Gasteiger partial charge < -0.3 is 0 Å². The van der Waals surface area contributed by atoms with Crippen molar-refractivity contribution in [2.24, 2.45) is 41.4 Å². The van der Waals surface area contributed by atoms with Crippen LogP contribution >= 0.6 is 0 Å². The molecule has 0 heterocycles. The normalized spacial score (nSPS) is 73.0. The molecule has 0 saturated heterocycles. The van der Waals surface area contributed by atoms with Gasteiger partial charge in [-0.3, -0.25) is 0 Å². The van der Waals surface area contributed by atoms with Gasteiger partial charge >= 0.3 is 0 Å². The Balaban J connectivity index is 1.73. The maximum atomic E-state index is 13.1. The quantitative estimate of drug-likeness (QED) is 0.577. The molecule has 1 radical (unpaired) electrons. The van der Waals surface area contributed by atoms with Crippen LogP contribution in [0.5, 0.6) is 0 Å². The summed E-state index contributed by atoms with van der Waals surface area (Å²) in [5.41, 5.74) is -0.427. The molecular weight excluding hydrogens is 184 g/mol.